The zero-order chi connectivity index (χ0) is 41.5. The monoisotopic (exact) mass is 805 g/mol. The van der Waals surface area contributed by atoms with Crippen LogP contribution in [0.4, 0.5) is 0 Å². The summed E-state index contributed by atoms with van der Waals surface area (Å²) >= 11 is 0. The van der Waals surface area contributed by atoms with E-state index in [1.807, 2.05) is 0 Å². The Bertz CT molecular complexity index is 885. The summed E-state index contributed by atoms with van der Waals surface area (Å²) in [5.74, 6) is -0.881. The molecule has 0 rings (SSSR count). The quantitative estimate of drug-likeness (QED) is 0.0264. The summed E-state index contributed by atoms with van der Waals surface area (Å²) < 4.78 is 16.6. The molecule has 6 nitrogen and oxygen atoms in total. The molecule has 0 amide bonds. The van der Waals surface area contributed by atoms with E-state index in [0.717, 1.165) is 70.6 Å². The lowest BCUT2D eigenvalue weighted by Crippen LogP contribution is -2.30. The molecule has 0 aliphatic rings. The lowest BCUT2D eigenvalue weighted by molar-refractivity contribution is -0.167. The van der Waals surface area contributed by atoms with E-state index >= 15 is 0 Å². The number of rotatable bonds is 46. The molecule has 0 aromatic rings. The van der Waals surface area contributed by atoms with Crippen LogP contribution >= 0.6 is 0 Å². The van der Waals surface area contributed by atoms with Gasteiger partial charge in [0.15, 0.2) is 6.10 Å². The van der Waals surface area contributed by atoms with Gasteiger partial charge in [-0.3, -0.25) is 14.4 Å². The van der Waals surface area contributed by atoms with Crippen molar-refractivity contribution in [1.29, 1.82) is 0 Å². The molecule has 0 aromatic carbocycles. The van der Waals surface area contributed by atoms with E-state index < -0.39 is 6.10 Å². The third kappa shape index (κ3) is 45.1. The molecule has 336 valence electrons. The molecule has 0 radical (unpaired) electrons. The number of carbonyl (C=O) groups excluding carboxylic acids is 3. The zero-order valence-corrected chi connectivity index (χ0v) is 38.4. The molecule has 0 spiro atoms. The zero-order valence-electron chi connectivity index (χ0n) is 38.4. The van der Waals surface area contributed by atoms with Crippen LogP contribution in [-0.4, -0.2) is 37.2 Å². The molecule has 0 heterocycles. The number of esters is 3. The molecule has 1 atom stereocenters. The lowest BCUT2D eigenvalue weighted by atomic mass is 10.0. The molecule has 1 unspecified atom stereocenters. The van der Waals surface area contributed by atoms with Crippen molar-refractivity contribution < 1.29 is 28.6 Å². The van der Waals surface area contributed by atoms with Gasteiger partial charge in [0.2, 0.25) is 0 Å². The molecule has 57 heavy (non-hydrogen) atoms. The second-order valence-corrected chi connectivity index (χ2v) is 17.1. The van der Waals surface area contributed by atoms with Gasteiger partial charge in [0, 0.05) is 19.3 Å². The van der Waals surface area contributed by atoms with E-state index in [4.69, 9.17) is 14.2 Å². The second kappa shape index (κ2) is 46.8. The SMILES string of the molecule is CCCCC/C=C\CCCCCCCC(=O)OC(COC(=O)CCCCCCC)COC(=O)CCCCCCCCCCCCCCCCCCCCCCCC. The highest BCUT2D eigenvalue weighted by molar-refractivity contribution is 5.71. The number of ether oxygens (including phenoxy) is 3. The van der Waals surface area contributed by atoms with Gasteiger partial charge in [-0.2, -0.15) is 0 Å². The molecule has 6 heteroatoms. The van der Waals surface area contributed by atoms with Crippen LogP contribution in [0, 0.1) is 0 Å². The topological polar surface area (TPSA) is 78.9 Å². The Morgan fingerprint density at radius 2 is 0.579 bits per heavy atom. The van der Waals surface area contributed by atoms with Gasteiger partial charge in [0.1, 0.15) is 13.2 Å². The maximum absolute atomic E-state index is 12.7. The minimum atomic E-state index is -0.765. The van der Waals surface area contributed by atoms with Gasteiger partial charge in [-0.25, -0.2) is 0 Å². The molecule has 0 aromatic heterocycles. The summed E-state index contributed by atoms with van der Waals surface area (Å²) in [5.41, 5.74) is 0. The molecular formula is C51H96O6. The first kappa shape index (κ1) is 55.2. The third-order valence-corrected chi connectivity index (χ3v) is 11.3. The fourth-order valence-electron chi connectivity index (χ4n) is 7.44. The molecular weight excluding hydrogens is 709 g/mol. The van der Waals surface area contributed by atoms with Crippen LogP contribution < -0.4 is 0 Å². The predicted molar refractivity (Wildman–Crippen MR) is 243 cm³/mol. The third-order valence-electron chi connectivity index (χ3n) is 11.3. The first-order chi connectivity index (χ1) is 28.0. The fraction of sp³-hybridized carbons (Fsp3) is 0.902. The summed E-state index contributed by atoms with van der Waals surface area (Å²) in [6.07, 6.45) is 51.0. The van der Waals surface area contributed by atoms with Crippen LogP contribution in [0.25, 0.3) is 0 Å². The van der Waals surface area contributed by atoms with Gasteiger partial charge in [0.25, 0.3) is 0 Å². The number of allylic oxidation sites excluding steroid dienone is 2. The van der Waals surface area contributed by atoms with Gasteiger partial charge < -0.3 is 14.2 Å². The molecule has 0 saturated carbocycles. The minimum Gasteiger partial charge on any atom is -0.462 e. The first-order valence-corrected chi connectivity index (χ1v) is 25.2. The maximum Gasteiger partial charge on any atom is 0.306 e. The molecule has 0 fully saturated rings. The normalized spacial score (nSPS) is 12.0. The maximum atomic E-state index is 12.7. The van der Waals surface area contributed by atoms with Gasteiger partial charge in [-0.15, -0.1) is 0 Å². The molecule has 0 aliphatic carbocycles. The Hall–Kier alpha value is -1.85. The van der Waals surface area contributed by atoms with E-state index in [9.17, 15) is 14.4 Å². The Balaban J connectivity index is 4.04. The Kier molecular flexibility index (Phi) is 45.3. The van der Waals surface area contributed by atoms with Gasteiger partial charge >= 0.3 is 17.9 Å². The van der Waals surface area contributed by atoms with Crippen LogP contribution in [0.15, 0.2) is 12.2 Å². The van der Waals surface area contributed by atoms with Crippen LogP contribution in [0.2, 0.25) is 0 Å². The van der Waals surface area contributed by atoms with Crippen LogP contribution in [0.3, 0.4) is 0 Å². The van der Waals surface area contributed by atoms with Crippen molar-refractivity contribution in [1.82, 2.24) is 0 Å². The smallest absolute Gasteiger partial charge is 0.306 e. The largest absolute Gasteiger partial charge is 0.462 e. The van der Waals surface area contributed by atoms with E-state index in [1.165, 1.54) is 167 Å². The van der Waals surface area contributed by atoms with Gasteiger partial charge in [-0.05, 0) is 44.9 Å². The summed E-state index contributed by atoms with van der Waals surface area (Å²) in [6, 6.07) is 0. The second-order valence-electron chi connectivity index (χ2n) is 17.1. The lowest BCUT2D eigenvalue weighted by Gasteiger charge is -2.18. The highest BCUT2D eigenvalue weighted by Gasteiger charge is 2.19. The molecule has 0 N–H and O–H groups in total. The van der Waals surface area contributed by atoms with Crippen LogP contribution in [0.1, 0.15) is 278 Å². The van der Waals surface area contributed by atoms with E-state index in [-0.39, 0.29) is 31.1 Å². The number of carbonyl (C=O) groups is 3. The van der Waals surface area contributed by atoms with Crippen molar-refractivity contribution in [3.05, 3.63) is 12.2 Å². The van der Waals surface area contributed by atoms with Gasteiger partial charge in [-0.1, -0.05) is 226 Å². The van der Waals surface area contributed by atoms with Crippen molar-refractivity contribution in [3.8, 4) is 0 Å². The predicted octanol–water partition coefficient (Wildman–Crippen LogP) is 16.2. The highest BCUT2D eigenvalue weighted by atomic mass is 16.6. The average Bonchev–Trinajstić information content (AvgIpc) is 3.21. The average molecular weight is 805 g/mol. The van der Waals surface area contributed by atoms with E-state index in [2.05, 4.69) is 32.9 Å². The highest BCUT2D eigenvalue weighted by Crippen LogP contribution is 2.16. The molecule has 0 aliphatic heterocycles. The summed E-state index contributed by atoms with van der Waals surface area (Å²) in [7, 11) is 0. The van der Waals surface area contributed by atoms with Crippen molar-refractivity contribution in [2.45, 2.75) is 284 Å². The first-order valence-electron chi connectivity index (χ1n) is 25.2. The number of hydrogen-bond acceptors (Lipinski definition) is 6. The van der Waals surface area contributed by atoms with Crippen LogP contribution in [-0.2, 0) is 28.6 Å². The number of hydrogen-bond donors (Lipinski definition) is 0. The number of unbranched alkanes of at least 4 members (excludes halogenated alkanes) is 33. The Labute approximate surface area is 354 Å². The minimum absolute atomic E-state index is 0.0698. The Morgan fingerprint density at radius 1 is 0.333 bits per heavy atom. The summed E-state index contributed by atoms with van der Waals surface area (Å²) in [6.45, 7) is 6.55. The van der Waals surface area contributed by atoms with Crippen molar-refractivity contribution >= 4 is 17.9 Å². The van der Waals surface area contributed by atoms with Crippen molar-refractivity contribution in [2.75, 3.05) is 13.2 Å². The standard InChI is InChI=1S/C51H96O6/c1-4-7-10-13-15-17-19-21-22-23-24-25-26-27-28-29-30-32-33-35-38-41-44-50(53)56-47-48(46-55-49(52)43-40-37-12-9-6-3)57-51(54)45-42-39-36-34-31-20-18-16-14-11-8-5-2/h16,18,48H,4-15,17,19-47H2,1-3H3/b18-16-. The molecule has 0 saturated heterocycles. The fourth-order valence-corrected chi connectivity index (χ4v) is 7.44. The van der Waals surface area contributed by atoms with Crippen molar-refractivity contribution in [2.24, 2.45) is 0 Å². The van der Waals surface area contributed by atoms with E-state index in [0.29, 0.717) is 19.3 Å². The van der Waals surface area contributed by atoms with E-state index in [1.54, 1.807) is 0 Å². The summed E-state index contributed by atoms with van der Waals surface area (Å²) in [5, 5.41) is 0. The summed E-state index contributed by atoms with van der Waals surface area (Å²) in [4.78, 5) is 37.5. The van der Waals surface area contributed by atoms with Crippen molar-refractivity contribution in [3.63, 3.8) is 0 Å². The van der Waals surface area contributed by atoms with Crippen LogP contribution in [0.5, 0.6) is 0 Å². The Morgan fingerprint density at radius 3 is 0.912 bits per heavy atom. The molecule has 0 bridgehead atoms. The van der Waals surface area contributed by atoms with Gasteiger partial charge in [0.05, 0.1) is 0 Å².